The van der Waals surface area contributed by atoms with Gasteiger partial charge >= 0.3 is 17.9 Å². The summed E-state index contributed by atoms with van der Waals surface area (Å²) in [7, 11) is 0. The number of ether oxygens (including phenoxy) is 3. The Labute approximate surface area is 428 Å². The van der Waals surface area contributed by atoms with Crippen LogP contribution in [0.5, 0.6) is 0 Å². The van der Waals surface area contributed by atoms with Crippen LogP contribution in [0.25, 0.3) is 0 Å². The molecule has 0 saturated carbocycles. The standard InChI is InChI=1S/C63H112O6/c1-4-7-10-13-16-19-22-25-27-29-31-32-34-35-38-41-44-47-50-53-56-62(65)68-59-60(58-67-61(64)55-52-49-46-43-40-37-24-21-18-15-12-9-6-3)69-63(66)57-54-51-48-45-42-39-36-33-30-28-26-23-20-17-14-11-8-5-2/h9,12,18,20-21,23,28,30,37,40,60H,4-8,10-11,13-17,19,22,24-27,29,31-36,38-39,41-59H2,1-3H3/b12-9-,21-18-,23-20-,30-28-,40-37-. The minimum Gasteiger partial charge on any atom is -0.462 e. The van der Waals surface area contributed by atoms with Crippen molar-refractivity contribution in [3.8, 4) is 0 Å². The Hall–Kier alpha value is -2.89. The minimum atomic E-state index is -0.789. The maximum Gasteiger partial charge on any atom is 0.306 e. The van der Waals surface area contributed by atoms with Gasteiger partial charge in [0.2, 0.25) is 0 Å². The fourth-order valence-corrected chi connectivity index (χ4v) is 8.55. The van der Waals surface area contributed by atoms with E-state index in [0.29, 0.717) is 19.3 Å². The Morgan fingerprint density at radius 2 is 0.565 bits per heavy atom. The molecule has 0 saturated heterocycles. The minimum absolute atomic E-state index is 0.0843. The normalized spacial score (nSPS) is 12.4. The molecule has 6 nitrogen and oxygen atoms in total. The highest BCUT2D eigenvalue weighted by molar-refractivity contribution is 5.71. The van der Waals surface area contributed by atoms with E-state index >= 15 is 0 Å². The number of hydrogen-bond donors (Lipinski definition) is 0. The Balaban J connectivity index is 4.35. The van der Waals surface area contributed by atoms with Gasteiger partial charge in [-0.1, -0.05) is 261 Å². The van der Waals surface area contributed by atoms with Crippen molar-refractivity contribution in [1.29, 1.82) is 0 Å². The molecule has 0 aromatic heterocycles. The summed E-state index contributed by atoms with van der Waals surface area (Å²) in [5, 5.41) is 0. The Morgan fingerprint density at radius 3 is 0.913 bits per heavy atom. The molecular weight excluding hydrogens is 853 g/mol. The number of carbonyl (C=O) groups is 3. The van der Waals surface area contributed by atoms with E-state index in [0.717, 1.165) is 96.3 Å². The van der Waals surface area contributed by atoms with Crippen LogP contribution < -0.4 is 0 Å². The Kier molecular flexibility index (Phi) is 55.3. The third-order valence-electron chi connectivity index (χ3n) is 13.0. The molecule has 0 amide bonds. The van der Waals surface area contributed by atoms with E-state index in [1.165, 1.54) is 167 Å². The van der Waals surface area contributed by atoms with Gasteiger partial charge in [0.15, 0.2) is 6.10 Å². The number of hydrogen-bond acceptors (Lipinski definition) is 6. The average molecular weight is 966 g/mol. The van der Waals surface area contributed by atoms with Gasteiger partial charge < -0.3 is 14.2 Å². The van der Waals surface area contributed by atoms with E-state index in [-0.39, 0.29) is 31.1 Å². The third-order valence-corrected chi connectivity index (χ3v) is 13.0. The van der Waals surface area contributed by atoms with E-state index in [1.54, 1.807) is 0 Å². The van der Waals surface area contributed by atoms with Crippen molar-refractivity contribution >= 4 is 17.9 Å². The molecule has 1 atom stereocenters. The van der Waals surface area contributed by atoms with Crippen LogP contribution in [0, 0.1) is 0 Å². The first-order valence-electron chi connectivity index (χ1n) is 29.8. The van der Waals surface area contributed by atoms with E-state index < -0.39 is 6.10 Å². The zero-order valence-electron chi connectivity index (χ0n) is 45.8. The van der Waals surface area contributed by atoms with Crippen molar-refractivity contribution in [3.05, 3.63) is 60.8 Å². The lowest BCUT2D eigenvalue weighted by molar-refractivity contribution is -0.167. The molecule has 400 valence electrons. The van der Waals surface area contributed by atoms with Crippen LogP contribution in [0.3, 0.4) is 0 Å². The summed E-state index contributed by atoms with van der Waals surface area (Å²) in [6, 6.07) is 0. The van der Waals surface area contributed by atoms with Crippen molar-refractivity contribution in [2.24, 2.45) is 0 Å². The smallest absolute Gasteiger partial charge is 0.306 e. The van der Waals surface area contributed by atoms with Gasteiger partial charge in [-0.05, 0) is 83.5 Å². The molecule has 69 heavy (non-hydrogen) atoms. The maximum absolute atomic E-state index is 12.9. The second-order valence-corrected chi connectivity index (χ2v) is 19.9. The van der Waals surface area contributed by atoms with E-state index in [2.05, 4.69) is 81.5 Å². The predicted molar refractivity (Wildman–Crippen MR) is 298 cm³/mol. The first kappa shape index (κ1) is 66.1. The molecule has 6 heteroatoms. The van der Waals surface area contributed by atoms with Gasteiger partial charge in [-0.3, -0.25) is 14.4 Å². The summed E-state index contributed by atoms with van der Waals surface area (Å²) >= 11 is 0. The second-order valence-electron chi connectivity index (χ2n) is 19.9. The van der Waals surface area contributed by atoms with Crippen molar-refractivity contribution < 1.29 is 28.6 Å². The molecule has 0 aliphatic rings. The van der Waals surface area contributed by atoms with Crippen LogP contribution in [-0.4, -0.2) is 37.2 Å². The van der Waals surface area contributed by atoms with E-state index in [1.807, 2.05) is 0 Å². The fraction of sp³-hybridized carbons (Fsp3) is 0.794. The molecular formula is C63H112O6. The average Bonchev–Trinajstić information content (AvgIpc) is 3.35. The first-order valence-corrected chi connectivity index (χ1v) is 29.8. The van der Waals surface area contributed by atoms with Gasteiger partial charge in [0.1, 0.15) is 13.2 Å². The molecule has 0 aliphatic heterocycles. The second kappa shape index (κ2) is 57.7. The highest BCUT2D eigenvalue weighted by atomic mass is 16.6. The quantitative estimate of drug-likeness (QED) is 0.0262. The first-order chi connectivity index (χ1) is 34.0. The number of carbonyl (C=O) groups excluding carboxylic acids is 3. The summed E-state index contributed by atoms with van der Waals surface area (Å²) < 4.78 is 16.9. The molecule has 0 heterocycles. The molecule has 0 spiro atoms. The SMILES string of the molecule is CC/C=C\C/C=C\C/C=C\CCCCCC(=O)OCC(COC(=O)CCCCCCCCCCCCCCCCCCCCCC)OC(=O)CCCCCCCCC/C=C\C/C=C\CCCCCC. The largest absolute Gasteiger partial charge is 0.462 e. The van der Waals surface area contributed by atoms with Crippen LogP contribution in [0.2, 0.25) is 0 Å². The maximum atomic E-state index is 12.9. The molecule has 0 bridgehead atoms. The van der Waals surface area contributed by atoms with Crippen LogP contribution >= 0.6 is 0 Å². The lowest BCUT2D eigenvalue weighted by Crippen LogP contribution is -2.30. The number of unbranched alkanes of at least 4 members (excludes halogenated alkanes) is 33. The molecule has 0 aromatic carbocycles. The van der Waals surface area contributed by atoms with Crippen LogP contribution in [0.4, 0.5) is 0 Å². The summed E-state index contributed by atoms with van der Waals surface area (Å²) in [6.07, 6.45) is 72.2. The van der Waals surface area contributed by atoms with Crippen molar-refractivity contribution in [3.63, 3.8) is 0 Å². The molecule has 0 aromatic rings. The highest BCUT2D eigenvalue weighted by Crippen LogP contribution is 2.17. The molecule has 1 unspecified atom stereocenters. The Bertz CT molecular complexity index is 1250. The van der Waals surface area contributed by atoms with Gasteiger partial charge in [0, 0.05) is 19.3 Å². The predicted octanol–water partition coefficient (Wildman–Crippen LogP) is 20.0. The molecule has 0 rings (SSSR count). The van der Waals surface area contributed by atoms with E-state index in [4.69, 9.17) is 14.2 Å². The summed E-state index contributed by atoms with van der Waals surface area (Å²) in [5.41, 5.74) is 0. The highest BCUT2D eigenvalue weighted by Gasteiger charge is 2.19. The third kappa shape index (κ3) is 55.9. The topological polar surface area (TPSA) is 78.9 Å². The lowest BCUT2D eigenvalue weighted by atomic mass is 10.0. The van der Waals surface area contributed by atoms with Gasteiger partial charge in [0.25, 0.3) is 0 Å². The molecule has 0 fully saturated rings. The Morgan fingerprint density at radius 1 is 0.304 bits per heavy atom. The monoisotopic (exact) mass is 965 g/mol. The zero-order chi connectivity index (χ0) is 50.0. The van der Waals surface area contributed by atoms with Crippen LogP contribution in [0.15, 0.2) is 60.8 Å². The van der Waals surface area contributed by atoms with Crippen molar-refractivity contribution in [2.75, 3.05) is 13.2 Å². The fourth-order valence-electron chi connectivity index (χ4n) is 8.55. The zero-order valence-corrected chi connectivity index (χ0v) is 45.8. The van der Waals surface area contributed by atoms with Crippen molar-refractivity contribution in [2.45, 2.75) is 309 Å². The summed E-state index contributed by atoms with van der Waals surface area (Å²) in [6.45, 7) is 6.51. The number of allylic oxidation sites excluding steroid dienone is 10. The van der Waals surface area contributed by atoms with Gasteiger partial charge in [-0.2, -0.15) is 0 Å². The lowest BCUT2D eigenvalue weighted by Gasteiger charge is -2.18. The van der Waals surface area contributed by atoms with E-state index in [9.17, 15) is 14.4 Å². The van der Waals surface area contributed by atoms with Gasteiger partial charge in [0.05, 0.1) is 0 Å². The number of esters is 3. The molecule has 0 N–H and O–H groups in total. The van der Waals surface area contributed by atoms with Crippen LogP contribution in [-0.2, 0) is 28.6 Å². The molecule has 0 aliphatic carbocycles. The van der Waals surface area contributed by atoms with Crippen LogP contribution in [0.1, 0.15) is 303 Å². The summed E-state index contributed by atoms with van der Waals surface area (Å²) in [4.78, 5) is 38.2. The van der Waals surface area contributed by atoms with Crippen molar-refractivity contribution in [1.82, 2.24) is 0 Å². The van der Waals surface area contributed by atoms with Gasteiger partial charge in [-0.25, -0.2) is 0 Å². The molecule has 0 radical (unpaired) electrons. The summed E-state index contributed by atoms with van der Waals surface area (Å²) in [5.74, 6) is -0.909. The van der Waals surface area contributed by atoms with Gasteiger partial charge in [-0.15, -0.1) is 0 Å². The number of rotatable bonds is 54.